The van der Waals surface area contributed by atoms with Crippen molar-refractivity contribution in [3.63, 3.8) is 0 Å². The number of carbonyl (C=O) groups excluding carboxylic acids is 2. The van der Waals surface area contributed by atoms with Crippen molar-refractivity contribution in [2.75, 3.05) is 26.7 Å². The van der Waals surface area contributed by atoms with Crippen molar-refractivity contribution in [2.24, 2.45) is 11.8 Å². The van der Waals surface area contributed by atoms with E-state index in [2.05, 4.69) is 10.6 Å². The van der Waals surface area contributed by atoms with Crippen molar-refractivity contribution in [3.8, 4) is 0 Å². The molecule has 2 saturated carbocycles. The molecular formula is C25H33F6N3O2. The summed E-state index contributed by atoms with van der Waals surface area (Å²) in [6, 6.07) is 1.23. The molecule has 0 atom stereocenters. The molecule has 2 aliphatic rings. The van der Waals surface area contributed by atoms with Gasteiger partial charge >= 0.3 is 12.4 Å². The highest BCUT2D eigenvalue weighted by atomic mass is 19.4. The van der Waals surface area contributed by atoms with Crippen molar-refractivity contribution in [1.29, 1.82) is 0 Å². The molecule has 2 aliphatic carbocycles. The summed E-state index contributed by atoms with van der Waals surface area (Å²) in [4.78, 5) is 26.5. The minimum absolute atomic E-state index is 0.00638. The van der Waals surface area contributed by atoms with E-state index in [1.54, 1.807) is 0 Å². The molecule has 3 rings (SSSR count). The zero-order chi connectivity index (χ0) is 26.5. The summed E-state index contributed by atoms with van der Waals surface area (Å²) >= 11 is 0. The van der Waals surface area contributed by atoms with Crippen LogP contribution in [-0.2, 0) is 17.1 Å². The zero-order valence-corrected chi connectivity index (χ0v) is 20.3. The molecule has 11 heteroatoms. The SMILES string of the molecule is CN(C(=O)CNCC1CCC(CNC(=O)c2cc(C(F)(F)F)cc(C(F)(F)F)c2)CC1)C1CCCC1. The van der Waals surface area contributed by atoms with Crippen LogP contribution in [0.1, 0.15) is 72.9 Å². The van der Waals surface area contributed by atoms with E-state index in [4.69, 9.17) is 0 Å². The maximum Gasteiger partial charge on any atom is 0.416 e. The number of carbonyl (C=O) groups is 2. The van der Waals surface area contributed by atoms with Crippen molar-refractivity contribution in [1.82, 2.24) is 15.5 Å². The number of alkyl halides is 6. The Bertz CT molecular complexity index is 872. The fourth-order valence-corrected chi connectivity index (χ4v) is 5.07. The Hall–Kier alpha value is -2.30. The molecule has 0 bridgehead atoms. The van der Waals surface area contributed by atoms with Gasteiger partial charge < -0.3 is 15.5 Å². The van der Waals surface area contributed by atoms with Crippen LogP contribution in [0.2, 0.25) is 0 Å². The van der Waals surface area contributed by atoms with Crippen LogP contribution in [0, 0.1) is 11.8 Å². The minimum Gasteiger partial charge on any atom is -0.352 e. The first-order valence-corrected chi connectivity index (χ1v) is 12.4. The topological polar surface area (TPSA) is 61.4 Å². The third kappa shape index (κ3) is 7.85. The average Bonchev–Trinajstić information content (AvgIpc) is 3.36. The van der Waals surface area contributed by atoms with Gasteiger partial charge in [-0.15, -0.1) is 0 Å². The summed E-state index contributed by atoms with van der Waals surface area (Å²) in [5.74, 6) is -0.408. The lowest BCUT2D eigenvalue weighted by molar-refractivity contribution is -0.143. The van der Waals surface area contributed by atoms with Gasteiger partial charge in [-0.25, -0.2) is 0 Å². The van der Waals surface area contributed by atoms with Crippen LogP contribution in [0.4, 0.5) is 26.3 Å². The molecular weight excluding hydrogens is 488 g/mol. The summed E-state index contributed by atoms with van der Waals surface area (Å²) in [6.07, 6.45) is -2.29. The van der Waals surface area contributed by atoms with Gasteiger partial charge in [-0.05, 0) is 75.1 Å². The third-order valence-corrected chi connectivity index (χ3v) is 7.34. The molecule has 36 heavy (non-hydrogen) atoms. The van der Waals surface area contributed by atoms with E-state index in [0.717, 1.165) is 51.4 Å². The lowest BCUT2D eigenvalue weighted by atomic mass is 9.82. The van der Waals surface area contributed by atoms with Crippen LogP contribution in [0.3, 0.4) is 0 Å². The largest absolute Gasteiger partial charge is 0.416 e. The van der Waals surface area contributed by atoms with E-state index in [1.807, 2.05) is 11.9 Å². The standard InChI is InChI=1S/C25H33F6N3O2/c1-34(21-4-2-3-5-21)22(35)15-32-13-16-6-8-17(9-7-16)14-33-23(36)18-10-19(24(26,27)28)12-20(11-18)25(29,30)31/h10-12,16-17,21,32H,2-9,13-15H2,1H3,(H,33,36). The normalized spacial score (nSPS) is 21.4. The Labute approximate surface area is 207 Å². The number of benzene rings is 1. The van der Waals surface area contributed by atoms with Gasteiger partial charge in [0.05, 0.1) is 17.7 Å². The van der Waals surface area contributed by atoms with Gasteiger partial charge in [0, 0.05) is 25.2 Å². The second kappa shape index (κ2) is 11.8. The van der Waals surface area contributed by atoms with E-state index in [9.17, 15) is 35.9 Å². The van der Waals surface area contributed by atoms with Gasteiger partial charge in [0.25, 0.3) is 5.91 Å². The maximum absolute atomic E-state index is 13.0. The van der Waals surface area contributed by atoms with Crippen molar-refractivity contribution in [2.45, 2.75) is 69.8 Å². The molecule has 5 nitrogen and oxygen atoms in total. The van der Waals surface area contributed by atoms with Crippen LogP contribution >= 0.6 is 0 Å². The van der Waals surface area contributed by atoms with Crippen LogP contribution in [0.5, 0.6) is 0 Å². The summed E-state index contributed by atoms with van der Waals surface area (Å²) in [5.41, 5.74) is -3.69. The smallest absolute Gasteiger partial charge is 0.352 e. The number of halogens is 6. The van der Waals surface area contributed by atoms with Gasteiger partial charge in [0.15, 0.2) is 0 Å². The Morgan fingerprint density at radius 3 is 1.83 bits per heavy atom. The van der Waals surface area contributed by atoms with Crippen LogP contribution in [-0.4, -0.2) is 49.4 Å². The highest BCUT2D eigenvalue weighted by molar-refractivity contribution is 5.94. The molecule has 0 radical (unpaired) electrons. The number of likely N-dealkylation sites (N-methyl/N-ethyl adjacent to an activating group) is 1. The van der Waals surface area contributed by atoms with Crippen molar-refractivity contribution >= 4 is 11.8 Å². The molecule has 0 unspecified atom stereocenters. The highest BCUT2D eigenvalue weighted by Crippen LogP contribution is 2.36. The second-order valence-electron chi connectivity index (χ2n) is 9.97. The number of nitrogens with zero attached hydrogens (tertiary/aromatic N) is 1. The number of nitrogens with one attached hydrogen (secondary N) is 2. The lowest BCUT2D eigenvalue weighted by Gasteiger charge is -2.29. The molecule has 2 amide bonds. The first-order chi connectivity index (χ1) is 16.8. The quantitative estimate of drug-likeness (QED) is 0.460. The molecule has 202 valence electrons. The van der Waals surface area contributed by atoms with Crippen molar-refractivity contribution in [3.05, 3.63) is 34.9 Å². The van der Waals surface area contributed by atoms with Gasteiger partial charge in [-0.1, -0.05) is 12.8 Å². The first kappa shape index (κ1) is 28.3. The molecule has 0 spiro atoms. The Balaban J connectivity index is 1.42. The fourth-order valence-electron chi connectivity index (χ4n) is 5.07. The van der Waals surface area contributed by atoms with E-state index < -0.39 is 35.0 Å². The lowest BCUT2D eigenvalue weighted by Crippen LogP contribution is -2.42. The summed E-state index contributed by atoms with van der Waals surface area (Å²) in [5, 5.41) is 5.73. The van der Waals surface area contributed by atoms with Gasteiger partial charge in [-0.3, -0.25) is 9.59 Å². The summed E-state index contributed by atoms with van der Waals surface area (Å²) < 4.78 is 78.2. The summed E-state index contributed by atoms with van der Waals surface area (Å²) in [7, 11) is 1.85. The Kier molecular flexibility index (Phi) is 9.29. The fraction of sp³-hybridized carbons (Fsp3) is 0.680. The van der Waals surface area contributed by atoms with E-state index >= 15 is 0 Å². The van der Waals surface area contributed by atoms with E-state index in [1.165, 1.54) is 0 Å². The van der Waals surface area contributed by atoms with E-state index in [-0.39, 0.29) is 24.4 Å². The second-order valence-corrected chi connectivity index (χ2v) is 9.97. The van der Waals surface area contributed by atoms with E-state index in [0.29, 0.717) is 37.2 Å². The van der Waals surface area contributed by atoms with Crippen LogP contribution in [0.25, 0.3) is 0 Å². The molecule has 2 fully saturated rings. The molecule has 0 heterocycles. The first-order valence-electron chi connectivity index (χ1n) is 12.4. The molecule has 1 aromatic rings. The zero-order valence-electron chi connectivity index (χ0n) is 20.3. The van der Waals surface area contributed by atoms with Gasteiger partial charge in [0.2, 0.25) is 5.91 Å². The predicted octanol–water partition coefficient (Wildman–Crippen LogP) is 5.25. The van der Waals surface area contributed by atoms with Crippen LogP contribution in [0.15, 0.2) is 18.2 Å². The number of amides is 2. The molecule has 0 aromatic heterocycles. The Morgan fingerprint density at radius 2 is 1.33 bits per heavy atom. The van der Waals surface area contributed by atoms with Gasteiger partial charge in [-0.2, -0.15) is 26.3 Å². The Morgan fingerprint density at radius 1 is 0.833 bits per heavy atom. The summed E-state index contributed by atoms with van der Waals surface area (Å²) in [6.45, 7) is 1.18. The molecule has 1 aromatic carbocycles. The minimum atomic E-state index is -5.00. The monoisotopic (exact) mass is 521 g/mol. The molecule has 0 saturated heterocycles. The third-order valence-electron chi connectivity index (χ3n) is 7.34. The maximum atomic E-state index is 13.0. The average molecular weight is 522 g/mol. The number of rotatable bonds is 8. The highest BCUT2D eigenvalue weighted by Gasteiger charge is 2.37. The van der Waals surface area contributed by atoms with Crippen LogP contribution < -0.4 is 10.6 Å². The number of hydrogen-bond acceptors (Lipinski definition) is 3. The van der Waals surface area contributed by atoms with Crippen molar-refractivity contribution < 1.29 is 35.9 Å². The number of hydrogen-bond donors (Lipinski definition) is 2. The molecule has 2 N–H and O–H groups in total. The molecule has 0 aliphatic heterocycles. The predicted molar refractivity (Wildman–Crippen MR) is 122 cm³/mol. The van der Waals surface area contributed by atoms with Gasteiger partial charge in [0.1, 0.15) is 0 Å².